The van der Waals surface area contributed by atoms with Crippen molar-refractivity contribution in [3.63, 3.8) is 0 Å². The Morgan fingerprint density at radius 3 is 2.73 bits per heavy atom. The molecule has 0 aliphatic carbocycles. The molecule has 178 valence electrons. The Kier molecular flexibility index (Phi) is 8.88. The lowest BCUT2D eigenvalue weighted by molar-refractivity contribution is -0.161. The maximum absolute atomic E-state index is 13.2. The zero-order chi connectivity index (χ0) is 23.8. The third kappa shape index (κ3) is 6.13. The van der Waals surface area contributed by atoms with E-state index in [-0.39, 0.29) is 24.8 Å². The Labute approximate surface area is 199 Å². The van der Waals surface area contributed by atoms with E-state index in [0.29, 0.717) is 25.3 Å². The molecule has 8 heteroatoms. The van der Waals surface area contributed by atoms with Gasteiger partial charge in [0.05, 0.1) is 19.1 Å². The molecule has 1 aliphatic rings. The molecule has 1 saturated heterocycles. The molecular formula is C25H32N2O5S. The number of carbonyl (C=O) groups is 3. The van der Waals surface area contributed by atoms with Crippen LogP contribution in [0, 0.1) is 5.92 Å². The second-order valence-corrected chi connectivity index (χ2v) is 9.04. The number of rotatable bonds is 10. The number of nitrogens with zero attached hydrogens (tertiary/aromatic N) is 2. The van der Waals surface area contributed by atoms with Crippen LogP contribution < -0.4 is 4.74 Å². The number of hydrogen-bond acceptors (Lipinski definition) is 6. The number of para-hydroxylation sites is 1. The summed E-state index contributed by atoms with van der Waals surface area (Å²) in [5.74, 6) is -0.640. The van der Waals surface area contributed by atoms with Gasteiger partial charge in [-0.15, -0.1) is 0 Å². The first-order chi connectivity index (χ1) is 16.0. The smallest absolute Gasteiger partial charge is 0.311 e. The molecule has 1 aromatic heterocycles. The van der Waals surface area contributed by atoms with E-state index < -0.39 is 17.9 Å². The van der Waals surface area contributed by atoms with Crippen molar-refractivity contribution >= 4 is 29.1 Å². The van der Waals surface area contributed by atoms with Crippen molar-refractivity contribution in [1.29, 1.82) is 0 Å². The number of likely N-dealkylation sites (N-methyl/N-ethyl adjacent to an activating group) is 1. The molecule has 2 aromatic rings. The average Bonchev–Trinajstić information content (AvgIpc) is 3.34. The minimum Gasteiger partial charge on any atom is -0.496 e. The van der Waals surface area contributed by atoms with E-state index in [1.165, 1.54) is 0 Å². The van der Waals surface area contributed by atoms with Gasteiger partial charge in [0.2, 0.25) is 5.91 Å². The van der Waals surface area contributed by atoms with Gasteiger partial charge in [-0.05, 0) is 41.3 Å². The van der Waals surface area contributed by atoms with Gasteiger partial charge in [-0.25, -0.2) is 0 Å². The third-order valence-corrected chi connectivity index (χ3v) is 6.71. The Bertz CT molecular complexity index is 946. The van der Waals surface area contributed by atoms with Gasteiger partial charge in [-0.3, -0.25) is 14.4 Å². The number of likely N-dealkylation sites (tertiary alicyclic amines) is 1. The molecule has 1 fully saturated rings. The van der Waals surface area contributed by atoms with Crippen molar-refractivity contribution in [3.8, 4) is 5.75 Å². The lowest BCUT2D eigenvalue weighted by Crippen LogP contribution is -2.46. The van der Waals surface area contributed by atoms with Gasteiger partial charge in [0.15, 0.2) is 6.61 Å². The van der Waals surface area contributed by atoms with Crippen molar-refractivity contribution < 1.29 is 23.9 Å². The van der Waals surface area contributed by atoms with Crippen molar-refractivity contribution in [2.75, 3.05) is 27.3 Å². The molecule has 0 spiro atoms. The molecule has 7 nitrogen and oxygen atoms in total. The van der Waals surface area contributed by atoms with Crippen molar-refractivity contribution in [2.45, 2.75) is 45.2 Å². The van der Waals surface area contributed by atoms with Crippen molar-refractivity contribution in [3.05, 3.63) is 52.2 Å². The Morgan fingerprint density at radius 2 is 2.03 bits per heavy atom. The van der Waals surface area contributed by atoms with Crippen LogP contribution in [0.15, 0.2) is 41.1 Å². The zero-order valence-electron chi connectivity index (χ0n) is 19.5. The molecule has 0 saturated carbocycles. The van der Waals surface area contributed by atoms with Gasteiger partial charge < -0.3 is 19.3 Å². The van der Waals surface area contributed by atoms with E-state index in [2.05, 4.69) is 6.92 Å². The van der Waals surface area contributed by atoms with E-state index in [9.17, 15) is 14.4 Å². The lowest BCUT2D eigenvalue weighted by Gasteiger charge is -2.41. The number of thiophene rings is 1. The first-order valence-electron chi connectivity index (χ1n) is 11.3. The predicted molar refractivity (Wildman–Crippen MR) is 127 cm³/mol. The molecule has 2 amide bonds. The molecule has 33 heavy (non-hydrogen) atoms. The van der Waals surface area contributed by atoms with E-state index in [4.69, 9.17) is 9.47 Å². The largest absolute Gasteiger partial charge is 0.496 e. The normalized spacial score (nSPS) is 18.2. The Morgan fingerprint density at radius 1 is 1.24 bits per heavy atom. The number of ether oxygens (including phenoxy) is 2. The summed E-state index contributed by atoms with van der Waals surface area (Å²) in [6, 6.07) is 8.93. The minimum atomic E-state index is -0.564. The molecule has 2 atom stereocenters. The van der Waals surface area contributed by atoms with Crippen LogP contribution in [-0.4, -0.2) is 54.9 Å². The summed E-state index contributed by atoms with van der Waals surface area (Å²) in [5, 5.41) is 3.94. The van der Waals surface area contributed by atoms with Crippen LogP contribution in [0.2, 0.25) is 0 Å². The molecule has 2 heterocycles. The highest BCUT2D eigenvalue weighted by Gasteiger charge is 2.42. The summed E-state index contributed by atoms with van der Waals surface area (Å²) < 4.78 is 11.0. The van der Waals surface area contributed by atoms with Crippen LogP contribution in [-0.2, 0) is 25.7 Å². The number of carbonyl (C=O) groups excluding carboxylic acids is 3. The van der Waals surface area contributed by atoms with E-state index in [1.54, 1.807) is 35.3 Å². The molecule has 1 aromatic carbocycles. The Hall–Kier alpha value is -2.87. The number of benzene rings is 1. The van der Waals surface area contributed by atoms with Gasteiger partial charge in [0.25, 0.3) is 5.91 Å². The first-order valence-corrected chi connectivity index (χ1v) is 12.2. The summed E-state index contributed by atoms with van der Waals surface area (Å²) in [6.07, 6.45) is 2.43. The average molecular weight is 473 g/mol. The number of amides is 2. The topological polar surface area (TPSA) is 76.2 Å². The van der Waals surface area contributed by atoms with Gasteiger partial charge in [0, 0.05) is 32.1 Å². The van der Waals surface area contributed by atoms with E-state index >= 15 is 0 Å². The number of piperidine rings is 1. The fourth-order valence-corrected chi connectivity index (χ4v) is 4.84. The molecular weight excluding hydrogens is 440 g/mol. The standard InChI is InChI=1S/C25H32N2O5S/c1-4-5-13-27-22(28)11-10-20(24(27)19-8-6-7-9-21(19)31-3)25(30)32-16-23(29)26(2)15-18-12-14-33-17-18/h6-9,12,14,17,20,24H,4-5,10-11,13,15-16H2,1-3H3. The monoisotopic (exact) mass is 472 g/mol. The highest BCUT2D eigenvalue weighted by molar-refractivity contribution is 7.07. The molecule has 0 bridgehead atoms. The predicted octanol–water partition coefficient (Wildman–Crippen LogP) is 4.04. The maximum atomic E-state index is 13.2. The summed E-state index contributed by atoms with van der Waals surface area (Å²) in [5.41, 5.74) is 1.82. The second kappa shape index (κ2) is 11.8. The number of esters is 1. The molecule has 0 radical (unpaired) electrons. The van der Waals surface area contributed by atoms with Crippen molar-refractivity contribution in [2.24, 2.45) is 5.92 Å². The number of unbranched alkanes of at least 4 members (excludes halogenated alkanes) is 1. The molecule has 0 N–H and O–H groups in total. The lowest BCUT2D eigenvalue weighted by atomic mass is 9.83. The van der Waals surface area contributed by atoms with Crippen LogP contribution in [0.25, 0.3) is 0 Å². The zero-order valence-corrected chi connectivity index (χ0v) is 20.3. The number of hydrogen-bond donors (Lipinski definition) is 0. The SMILES string of the molecule is CCCCN1C(=O)CCC(C(=O)OCC(=O)N(C)Cc2ccsc2)C1c1ccccc1OC. The third-order valence-electron chi connectivity index (χ3n) is 5.98. The van der Waals surface area contributed by atoms with Crippen molar-refractivity contribution in [1.82, 2.24) is 9.80 Å². The highest BCUT2D eigenvalue weighted by Crippen LogP contribution is 2.41. The van der Waals surface area contributed by atoms with Crippen LogP contribution in [0.3, 0.4) is 0 Å². The number of methoxy groups -OCH3 is 1. The highest BCUT2D eigenvalue weighted by atomic mass is 32.1. The summed E-state index contributed by atoms with van der Waals surface area (Å²) in [6.45, 7) is 2.77. The Balaban J connectivity index is 1.75. The summed E-state index contributed by atoms with van der Waals surface area (Å²) >= 11 is 1.57. The van der Waals surface area contributed by atoms with Crippen LogP contribution in [0.4, 0.5) is 0 Å². The quantitative estimate of drug-likeness (QED) is 0.488. The van der Waals surface area contributed by atoms with Gasteiger partial charge in [-0.2, -0.15) is 11.3 Å². The van der Waals surface area contributed by atoms with E-state index in [1.807, 2.05) is 41.1 Å². The van der Waals surface area contributed by atoms with Crippen LogP contribution >= 0.6 is 11.3 Å². The van der Waals surface area contributed by atoms with Crippen LogP contribution in [0.1, 0.15) is 49.8 Å². The minimum absolute atomic E-state index is 0.0231. The first kappa shape index (κ1) is 24.8. The van der Waals surface area contributed by atoms with Gasteiger partial charge in [-0.1, -0.05) is 31.5 Å². The van der Waals surface area contributed by atoms with Gasteiger partial charge in [0.1, 0.15) is 5.75 Å². The van der Waals surface area contributed by atoms with Gasteiger partial charge >= 0.3 is 5.97 Å². The van der Waals surface area contributed by atoms with Crippen LogP contribution in [0.5, 0.6) is 5.75 Å². The van der Waals surface area contributed by atoms with E-state index in [0.717, 1.165) is 24.0 Å². The molecule has 3 rings (SSSR count). The fraction of sp³-hybridized carbons (Fsp3) is 0.480. The maximum Gasteiger partial charge on any atom is 0.311 e. The molecule has 1 aliphatic heterocycles. The second-order valence-electron chi connectivity index (χ2n) is 8.26. The molecule has 2 unspecified atom stereocenters. The fourth-order valence-electron chi connectivity index (χ4n) is 4.18. The summed E-state index contributed by atoms with van der Waals surface area (Å²) in [4.78, 5) is 41.9. The summed E-state index contributed by atoms with van der Waals surface area (Å²) in [7, 11) is 3.27.